The van der Waals surface area contributed by atoms with Gasteiger partial charge in [0, 0.05) is 0 Å². The van der Waals surface area contributed by atoms with Gasteiger partial charge in [-0.25, -0.2) is 0 Å². The van der Waals surface area contributed by atoms with Gasteiger partial charge in [-0.1, -0.05) is 89.2 Å². The van der Waals surface area contributed by atoms with Crippen LogP contribution in [0, 0.1) is 0 Å². The Kier molecular flexibility index (Phi) is 7.43. The highest BCUT2D eigenvalue weighted by Crippen LogP contribution is 2.38. The second-order valence-corrected chi connectivity index (χ2v) is 9.54. The number of aliphatic hydroxyl groups excluding tert-OH is 1. The first-order valence-corrected chi connectivity index (χ1v) is 11.5. The highest BCUT2D eigenvalue weighted by Gasteiger charge is 2.28. The van der Waals surface area contributed by atoms with Crippen molar-refractivity contribution in [3.05, 3.63) is 89.0 Å². The largest absolute Gasteiger partial charge is 0.489 e. The lowest BCUT2D eigenvalue weighted by Gasteiger charge is -2.30. The van der Waals surface area contributed by atoms with E-state index in [1.807, 2.05) is 50.2 Å². The molecule has 3 aromatic rings. The highest BCUT2D eigenvalue weighted by atomic mass is 16.5. The molecule has 0 unspecified atom stereocenters. The zero-order chi connectivity index (χ0) is 23.4. The van der Waals surface area contributed by atoms with Crippen LogP contribution in [0.3, 0.4) is 0 Å². The van der Waals surface area contributed by atoms with E-state index in [9.17, 15) is 10.2 Å². The van der Waals surface area contributed by atoms with Crippen molar-refractivity contribution in [2.24, 2.45) is 0 Å². The molecular weight excluding hydrogens is 396 g/mol. The summed E-state index contributed by atoms with van der Waals surface area (Å²) in [5.41, 5.74) is 5.48. The van der Waals surface area contributed by atoms with Crippen LogP contribution in [0.25, 0.3) is 11.1 Å². The minimum absolute atomic E-state index is 0.0279. The van der Waals surface area contributed by atoms with Crippen molar-refractivity contribution in [1.82, 2.24) is 0 Å². The van der Waals surface area contributed by atoms with Crippen molar-refractivity contribution in [3.63, 3.8) is 0 Å². The Hall–Kier alpha value is -2.62. The summed E-state index contributed by atoms with van der Waals surface area (Å²) in [5, 5.41) is 20.4. The Morgan fingerprint density at radius 2 is 1.50 bits per heavy atom. The quantitative estimate of drug-likeness (QED) is 0.415. The van der Waals surface area contributed by atoms with E-state index in [2.05, 4.69) is 51.1 Å². The summed E-state index contributed by atoms with van der Waals surface area (Å²) >= 11 is 0. The van der Waals surface area contributed by atoms with Crippen molar-refractivity contribution in [1.29, 1.82) is 0 Å². The fourth-order valence-corrected chi connectivity index (χ4v) is 4.10. The maximum Gasteiger partial charge on any atom is 0.120 e. The van der Waals surface area contributed by atoms with Crippen LogP contribution in [0.15, 0.2) is 66.7 Å². The summed E-state index contributed by atoms with van der Waals surface area (Å²) in [6.07, 6.45) is 1.38. The van der Waals surface area contributed by atoms with Gasteiger partial charge in [0.15, 0.2) is 0 Å². The lowest BCUT2D eigenvalue weighted by molar-refractivity contribution is 0.0283. The molecule has 0 amide bonds. The van der Waals surface area contributed by atoms with Crippen LogP contribution in [0.1, 0.15) is 69.7 Å². The number of rotatable bonds is 8. The molecule has 3 aromatic carbocycles. The Labute approximate surface area is 192 Å². The van der Waals surface area contributed by atoms with Crippen molar-refractivity contribution in [3.8, 4) is 16.9 Å². The van der Waals surface area contributed by atoms with E-state index < -0.39 is 5.60 Å². The van der Waals surface area contributed by atoms with Crippen LogP contribution in [-0.4, -0.2) is 10.2 Å². The van der Waals surface area contributed by atoms with Gasteiger partial charge in [0.25, 0.3) is 0 Å². The standard InChI is InChI=1S/C29H36O3/c1-6-29(31,7-2)24-14-15-26(27(18-24)28(3,4)5)23-12-9-13-25(17-23)32-20-22-11-8-10-21(16-22)19-30/h8-18,30-31H,6-7,19-20H2,1-5H3. The predicted octanol–water partition coefficient (Wildman–Crippen LogP) is 6.73. The summed E-state index contributed by atoms with van der Waals surface area (Å²) in [5.74, 6) is 0.805. The fraction of sp³-hybridized carbons (Fsp3) is 0.379. The van der Waals surface area contributed by atoms with Gasteiger partial charge in [0.2, 0.25) is 0 Å². The smallest absolute Gasteiger partial charge is 0.120 e. The van der Waals surface area contributed by atoms with Crippen LogP contribution < -0.4 is 4.74 Å². The third kappa shape index (κ3) is 5.40. The molecule has 0 radical (unpaired) electrons. The number of hydrogen-bond donors (Lipinski definition) is 2. The van der Waals surface area contributed by atoms with Crippen molar-refractivity contribution < 1.29 is 14.9 Å². The zero-order valence-electron chi connectivity index (χ0n) is 20.0. The van der Waals surface area contributed by atoms with E-state index in [0.29, 0.717) is 19.4 Å². The number of ether oxygens (including phenoxy) is 1. The number of hydrogen-bond acceptors (Lipinski definition) is 3. The summed E-state index contributed by atoms with van der Waals surface area (Å²) < 4.78 is 6.07. The molecule has 0 aliphatic carbocycles. The van der Waals surface area contributed by atoms with Crippen LogP contribution >= 0.6 is 0 Å². The van der Waals surface area contributed by atoms with Crippen molar-refractivity contribution in [2.45, 2.75) is 71.7 Å². The molecule has 3 rings (SSSR count). The molecule has 2 N–H and O–H groups in total. The molecule has 170 valence electrons. The molecule has 0 spiro atoms. The monoisotopic (exact) mass is 432 g/mol. The Bertz CT molecular complexity index is 1040. The van der Waals surface area contributed by atoms with Gasteiger partial charge in [0.1, 0.15) is 12.4 Å². The summed E-state index contributed by atoms with van der Waals surface area (Å²) in [6.45, 7) is 11.2. The topological polar surface area (TPSA) is 49.7 Å². The van der Waals surface area contributed by atoms with Crippen LogP contribution in [0.5, 0.6) is 5.75 Å². The number of aliphatic hydroxyl groups is 2. The normalized spacial score (nSPS) is 12.1. The number of benzene rings is 3. The fourth-order valence-electron chi connectivity index (χ4n) is 4.10. The minimum Gasteiger partial charge on any atom is -0.489 e. The predicted molar refractivity (Wildman–Crippen MR) is 132 cm³/mol. The molecule has 0 atom stereocenters. The Morgan fingerprint density at radius 1 is 0.812 bits per heavy atom. The second-order valence-electron chi connectivity index (χ2n) is 9.54. The molecule has 0 bridgehead atoms. The SMILES string of the molecule is CCC(O)(CC)c1ccc(-c2cccc(OCc3cccc(CO)c3)c2)c(C(C)(C)C)c1. The van der Waals surface area contributed by atoms with E-state index >= 15 is 0 Å². The molecule has 0 aliphatic rings. The maximum atomic E-state index is 11.1. The molecule has 0 saturated heterocycles. The molecule has 32 heavy (non-hydrogen) atoms. The summed E-state index contributed by atoms with van der Waals surface area (Å²) in [6, 6.07) is 22.3. The van der Waals surface area contributed by atoms with Gasteiger partial charge in [-0.15, -0.1) is 0 Å². The second kappa shape index (κ2) is 9.89. The van der Waals surface area contributed by atoms with E-state index in [1.54, 1.807) is 0 Å². The summed E-state index contributed by atoms with van der Waals surface area (Å²) in [4.78, 5) is 0. The van der Waals surface area contributed by atoms with Gasteiger partial charge in [0.05, 0.1) is 12.2 Å². The Balaban J connectivity index is 1.93. The lowest BCUT2D eigenvalue weighted by atomic mass is 9.78. The first kappa shape index (κ1) is 24.0. The minimum atomic E-state index is -0.799. The average molecular weight is 433 g/mol. The molecule has 0 saturated carbocycles. The maximum absolute atomic E-state index is 11.1. The third-order valence-corrected chi connectivity index (χ3v) is 6.26. The third-order valence-electron chi connectivity index (χ3n) is 6.26. The Morgan fingerprint density at radius 3 is 2.16 bits per heavy atom. The average Bonchev–Trinajstić information content (AvgIpc) is 2.81. The molecule has 0 fully saturated rings. The summed E-state index contributed by atoms with van der Waals surface area (Å²) in [7, 11) is 0. The van der Waals surface area contributed by atoms with Gasteiger partial charge in [-0.05, 0) is 63.8 Å². The van der Waals surface area contributed by atoms with Crippen LogP contribution in [0.4, 0.5) is 0 Å². The molecule has 0 aromatic heterocycles. The molecule has 0 aliphatic heterocycles. The van der Waals surface area contributed by atoms with Crippen molar-refractivity contribution in [2.75, 3.05) is 0 Å². The van der Waals surface area contributed by atoms with Gasteiger partial charge >= 0.3 is 0 Å². The van der Waals surface area contributed by atoms with Crippen LogP contribution in [0.2, 0.25) is 0 Å². The highest BCUT2D eigenvalue weighted by molar-refractivity contribution is 5.70. The first-order chi connectivity index (χ1) is 15.2. The van der Waals surface area contributed by atoms with Gasteiger partial charge in [-0.3, -0.25) is 0 Å². The lowest BCUT2D eigenvalue weighted by Crippen LogP contribution is -2.25. The molecule has 3 nitrogen and oxygen atoms in total. The van der Waals surface area contributed by atoms with Gasteiger partial charge < -0.3 is 14.9 Å². The zero-order valence-corrected chi connectivity index (χ0v) is 20.0. The van der Waals surface area contributed by atoms with Gasteiger partial charge in [-0.2, -0.15) is 0 Å². The van der Waals surface area contributed by atoms with Crippen LogP contribution in [-0.2, 0) is 24.2 Å². The van der Waals surface area contributed by atoms with E-state index in [0.717, 1.165) is 33.6 Å². The molecular formula is C29H36O3. The van der Waals surface area contributed by atoms with E-state index in [-0.39, 0.29) is 12.0 Å². The molecule has 3 heteroatoms. The van der Waals surface area contributed by atoms with Crippen molar-refractivity contribution >= 4 is 0 Å². The first-order valence-electron chi connectivity index (χ1n) is 11.5. The molecule has 0 heterocycles. The van der Waals surface area contributed by atoms with E-state index in [1.165, 1.54) is 5.56 Å². The van der Waals surface area contributed by atoms with E-state index in [4.69, 9.17) is 4.74 Å².